The van der Waals surface area contributed by atoms with E-state index in [2.05, 4.69) is 10.2 Å². The van der Waals surface area contributed by atoms with Crippen molar-refractivity contribution < 1.29 is 14.6 Å². The number of rotatable bonds is 6. The molecular weight excluding hydrogens is 256 g/mol. The number of amides is 1. The predicted molar refractivity (Wildman–Crippen MR) is 76.7 cm³/mol. The van der Waals surface area contributed by atoms with Crippen molar-refractivity contribution in [2.45, 2.75) is 12.8 Å². The monoisotopic (exact) mass is 278 g/mol. The van der Waals surface area contributed by atoms with E-state index in [-0.39, 0.29) is 18.1 Å². The van der Waals surface area contributed by atoms with Crippen LogP contribution in [0.4, 0.5) is 0 Å². The van der Waals surface area contributed by atoms with Gasteiger partial charge in [0.05, 0.1) is 19.6 Å². The fraction of sp³-hybridized carbons (Fsp3) is 0.533. The number of para-hydroxylation sites is 1. The second-order valence-electron chi connectivity index (χ2n) is 4.96. The van der Waals surface area contributed by atoms with E-state index >= 15 is 0 Å². The molecule has 0 radical (unpaired) electrons. The summed E-state index contributed by atoms with van der Waals surface area (Å²) in [6.45, 7) is 5.22. The van der Waals surface area contributed by atoms with Crippen LogP contribution in [0, 0.1) is 0 Å². The Bertz CT molecular complexity index is 431. The number of aromatic hydroxyl groups is 1. The normalized spacial score (nSPS) is 16.0. The van der Waals surface area contributed by atoms with E-state index < -0.39 is 0 Å². The van der Waals surface area contributed by atoms with E-state index in [9.17, 15) is 9.90 Å². The molecule has 1 heterocycles. The van der Waals surface area contributed by atoms with Crippen molar-refractivity contribution in [1.82, 2.24) is 10.2 Å². The summed E-state index contributed by atoms with van der Waals surface area (Å²) in [5.41, 5.74) is 0.665. The summed E-state index contributed by atoms with van der Waals surface area (Å²) >= 11 is 0. The zero-order chi connectivity index (χ0) is 14.2. The summed E-state index contributed by atoms with van der Waals surface area (Å²) in [5, 5.41) is 12.5. The van der Waals surface area contributed by atoms with Crippen LogP contribution in [0.15, 0.2) is 24.3 Å². The lowest BCUT2D eigenvalue weighted by atomic mass is 10.1. The lowest BCUT2D eigenvalue weighted by Gasteiger charge is -2.26. The SMILES string of the molecule is O=C(Cc1ccccc1O)NCCCN1CCOCC1. The minimum atomic E-state index is -0.0477. The minimum Gasteiger partial charge on any atom is -0.508 e. The number of nitrogens with one attached hydrogen (secondary N) is 1. The Labute approximate surface area is 119 Å². The van der Waals surface area contributed by atoms with Gasteiger partial charge in [0.1, 0.15) is 5.75 Å². The van der Waals surface area contributed by atoms with Crippen LogP contribution in [-0.4, -0.2) is 55.3 Å². The summed E-state index contributed by atoms with van der Waals surface area (Å²) in [7, 11) is 0. The molecule has 0 saturated carbocycles. The van der Waals surface area contributed by atoms with Crippen LogP contribution in [0.3, 0.4) is 0 Å². The molecule has 5 nitrogen and oxygen atoms in total. The average Bonchev–Trinajstić information content (AvgIpc) is 2.47. The van der Waals surface area contributed by atoms with Gasteiger partial charge in [0.2, 0.25) is 5.91 Å². The van der Waals surface area contributed by atoms with Gasteiger partial charge in [0.25, 0.3) is 0 Å². The van der Waals surface area contributed by atoms with Crippen molar-refractivity contribution in [1.29, 1.82) is 0 Å². The molecule has 0 atom stereocenters. The van der Waals surface area contributed by atoms with E-state index in [1.165, 1.54) is 0 Å². The molecule has 0 aromatic heterocycles. The third kappa shape index (κ3) is 4.83. The van der Waals surface area contributed by atoms with Gasteiger partial charge in [-0.3, -0.25) is 9.69 Å². The van der Waals surface area contributed by atoms with Crippen molar-refractivity contribution in [2.75, 3.05) is 39.4 Å². The highest BCUT2D eigenvalue weighted by atomic mass is 16.5. The Morgan fingerprint density at radius 1 is 1.30 bits per heavy atom. The van der Waals surface area contributed by atoms with Gasteiger partial charge in [-0.25, -0.2) is 0 Å². The molecule has 2 rings (SSSR count). The third-order valence-corrected chi connectivity index (χ3v) is 3.42. The smallest absolute Gasteiger partial charge is 0.224 e. The zero-order valence-electron chi connectivity index (χ0n) is 11.7. The number of nitrogens with zero attached hydrogens (tertiary/aromatic N) is 1. The van der Waals surface area contributed by atoms with Gasteiger partial charge < -0.3 is 15.2 Å². The van der Waals surface area contributed by atoms with Crippen LogP contribution in [0.1, 0.15) is 12.0 Å². The first-order valence-corrected chi connectivity index (χ1v) is 7.09. The van der Waals surface area contributed by atoms with Gasteiger partial charge in [-0.15, -0.1) is 0 Å². The number of phenols is 1. The standard InChI is InChI=1S/C15H22N2O3/c18-14-5-2-1-4-13(14)12-15(19)16-6-3-7-17-8-10-20-11-9-17/h1-2,4-5,18H,3,6-12H2,(H,16,19). The van der Waals surface area contributed by atoms with Gasteiger partial charge >= 0.3 is 0 Å². The van der Waals surface area contributed by atoms with Crippen LogP contribution in [0.25, 0.3) is 0 Å². The number of hydrogen-bond donors (Lipinski definition) is 2. The topological polar surface area (TPSA) is 61.8 Å². The summed E-state index contributed by atoms with van der Waals surface area (Å²) < 4.78 is 5.29. The average molecular weight is 278 g/mol. The minimum absolute atomic E-state index is 0.0477. The molecule has 1 fully saturated rings. The largest absolute Gasteiger partial charge is 0.508 e. The molecule has 2 N–H and O–H groups in total. The highest BCUT2D eigenvalue weighted by Crippen LogP contribution is 2.15. The number of phenolic OH excluding ortho intramolecular Hbond substituents is 1. The number of benzene rings is 1. The number of carbonyl (C=O) groups is 1. The Morgan fingerprint density at radius 2 is 2.05 bits per heavy atom. The maximum absolute atomic E-state index is 11.8. The molecule has 1 amide bonds. The molecule has 0 bridgehead atoms. The summed E-state index contributed by atoms with van der Waals surface area (Å²) in [6, 6.07) is 6.93. The molecule has 20 heavy (non-hydrogen) atoms. The number of carbonyl (C=O) groups excluding carboxylic acids is 1. The summed E-state index contributed by atoms with van der Waals surface area (Å²) in [4.78, 5) is 14.1. The highest BCUT2D eigenvalue weighted by Gasteiger charge is 2.10. The lowest BCUT2D eigenvalue weighted by molar-refractivity contribution is -0.120. The van der Waals surface area contributed by atoms with Crippen LogP contribution < -0.4 is 5.32 Å². The Morgan fingerprint density at radius 3 is 2.80 bits per heavy atom. The van der Waals surface area contributed by atoms with Crippen LogP contribution in [0.5, 0.6) is 5.75 Å². The van der Waals surface area contributed by atoms with E-state index in [4.69, 9.17) is 4.74 Å². The van der Waals surface area contributed by atoms with E-state index in [0.717, 1.165) is 39.3 Å². The van der Waals surface area contributed by atoms with Gasteiger partial charge in [0, 0.05) is 25.2 Å². The van der Waals surface area contributed by atoms with Crippen molar-refractivity contribution in [3.63, 3.8) is 0 Å². The van der Waals surface area contributed by atoms with Crippen molar-refractivity contribution in [3.8, 4) is 5.75 Å². The molecule has 110 valence electrons. The first-order chi connectivity index (χ1) is 9.75. The van der Waals surface area contributed by atoms with Gasteiger partial charge in [-0.05, 0) is 19.0 Å². The second-order valence-corrected chi connectivity index (χ2v) is 4.96. The van der Waals surface area contributed by atoms with Gasteiger partial charge in [0.15, 0.2) is 0 Å². The maximum Gasteiger partial charge on any atom is 0.224 e. The zero-order valence-corrected chi connectivity index (χ0v) is 11.7. The van der Waals surface area contributed by atoms with E-state index in [1.54, 1.807) is 18.2 Å². The van der Waals surface area contributed by atoms with Gasteiger partial charge in [-0.2, -0.15) is 0 Å². The first kappa shape index (κ1) is 14.8. The predicted octanol–water partition coefficient (Wildman–Crippen LogP) is 0.773. The molecule has 1 aliphatic heterocycles. The molecule has 0 unspecified atom stereocenters. The highest BCUT2D eigenvalue weighted by molar-refractivity contribution is 5.79. The van der Waals surface area contributed by atoms with Crippen LogP contribution in [-0.2, 0) is 16.0 Å². The molecule has 1 aromatic carbocycles. The van der Waals surface area contributed by atoms with E-state index in [1.807, 2.05) is 6.07 Å². The van der Waals surface area contributed by atoms with Crippen molar-refractivity contribution in [3.05, 3.63) is 29.8 Å². The van der Waals surface area contributed by atoms with E-state index in [0.29, 0.717) is 12.1 Å². The second kappa shape index (κ2) is 7.87. The van der Waals surface area contributed by atoms with Crippen molar-refractivity contribution >= 4 is 5.91 Å². The molecule has 0 aliphatic carbocycles. The number of hydrogen-bond acceptors (Lipinski definition) is 4. The third-order valence-electron chi connectivity index (χ3n) is 3.42. The summed E-state index contributed by atoms with van der Waals surface area (Å²) in [6.07, 6.45) is 1.16. The Balaban J connectivity index is 1.61. The van der Waals surface area contributed by atoms with Crippen LogP contribution >= 0.6 is 0 Å². The Kier molecular flexibility index (Phi) is 5.83. The quantitative estimate of drug-likeness (QED) is 0.755. The Hall–Kier alpha value is -1.59. The molecular formula is C15H22N2O3. The van der Waals surface area contributed by atoms with Crippen molar-refractivity contribution in [2.24, 2.45) is 0 Å². The molecule has 0 spiro atoms. The molecule has 1 aromatic rings. The molecule has 1 aliphatic rings. The fourth-order valence-electron chi connectivity index (χ4n) is 2.25. The fourth-order valence-corrected chi connectivity index (χ4v) is 2.25. The maximum atomic E-state index is 11.8. The summed E-state index contributed by atoms with van der Waals surface area (Å²) in [5.74, 6) is 0.129. The first-order valence-electron chi connectivity index (χ1n) is 7.09. The van der Waals surface area contributed by atoms with Crippen LogP contribution in [0.2, 0.25) is 0 Å². The molecule has 5 heteroatoms. The van der Waals surface area contributed by atoms with Gasteiger partial charge in [-0.1, -0.05) is 18.2 Å². The molecule has 1 saturated heterocycles. The lowest BCUT2D eigenvalue weighted by Crippen LogP contribution is -2.38. The number of morpholine rings is 1. The number of ether oxygens (including phenoxy) is 1.